The number of carboxylic acid groups (broad SMARTS) is 1. The van der Waals surface area contributed by atoms with Crippen LogP contribution < -0.4 is 10.1 Å². The van der Waals surface area contributed by atoms with Crippen LogP contribution >= 0.6 is 11.6 Å². The molecule has 1 aromatic heterocycles. The van der Waals surface area contributed by atoms with Crippen molar-refractivity contribution in [2.24, 2.45) is 0 Å². The van der Waals surface area contributed by atoms with Gasteiger partial charge in [-0.1, -0.05) is 11.6 Å². The van der Waals surface area contributed by atoms with E-state index in [1.54, 1.807) is 52.1 Å². The van der Waals surface area contributed by atoms with Gasteiger partial charge in [0.15, 0.2) is 0 Å². The minimum atomic E-state index is -1.19. The van der Waals surface area contributed by atoms with Gasteiger partial charge in [0.1, 0.15) is 22.5 Å². The van der Waals surface area contributed by atoms with Gasteiger partial charge in [0, 0.05) is 17.9 Å². The second kappa shape index (κ2) is 7.78. The molecule has 0 spiro atoms. The average Bonchev–Trinajstić information content (AvgIpc) is 2.52. The highest BCUT2D eigenvalue weighted by Crippen LogP contribution is 2.25. The molecule has 2 aromatic rings. The Bertz CT molecular complexity index is 832. The standard InChI is InChI=1S/C18H21ClN2O5/c1-18(2,3)26-17(24)21-14(16(22)23)8-11-7-10-5-6-12(25-4)9-13(10)20-15(11)19/h5-7,9,14H,8H2,1-4H3,(H,21,24)(H,22,23). The van der Waals surface area contributed by atoms with E-state index in [9.17, 15) is 14.7 Å². The third kappa shape index (κ3) is 5.23. The van der Waals surface area contributed by atoms with E-state index < -0.39 is 23.7 Å². The minimum absolute atomic E-state index is 0.0254. The van der Waals surface area contributed by atoms with Gasteiger partial charge >= 0.3 is 12.1 Å². The van der Waals surface area contributed by atoms with Crippen molar-refractivity contribution >= 4 is 34.6 Å². The number of nitrogens with zero attached hydrogens (tertiary/aromatic N) is 1. The molecule has 0 radical (unpaired) electrons. The molecule has 0 saturated heterocycles. The van der Waals surface area contributed by atoms with Gasteiger partial charge in [0.25, 0.3) is 0 Å². The molecule has 0 saturated carbocycles. The van der Waals surface area contributed by atoms with Crippen LogP contribution in [0.25, 0.3) is 10.9 Å². The Morgan fingerprint density at radius 3 is 2.58 bits per heavy atom. The van der Waals surface area contributed by atoms with Crippen LogP contribution in [-0.4, -0.2) is 40.9 Å². The largest absolute Gasteiger partial charge is 0.497 e. The number of hydrogen-bond donors (Lipinski definition) is 2. The number of pyridine rings is 1. The number of rotatable bonds is 5. The Labute approximate surface area is 156 Å². The maximum atomic E-state index is 11.9. The molecule has 2 N–H and O–H groups in total. The highest BCUT2D eigenvalue weighted by Gasteiger charge is 2.25. The number of carbonyl (C=O) groups excluding carboxylic acids is 1. The smallest absolute Gasteiger partial charge is 0.408 e. The van der Waals surface area contributed by atoms with Crippen LogP contribution in [0.15, 0.2) is 24.3 Å². The number of hydrogen-bond acceptors (Lipinski definition) is 5. The zero-order valence-corrected chi connectivity index (χ0v) is 15.8. The van der Waals surface area contributed by atoms with E-state index in [0.29, 0.717) is 16.8 Å². The number of benzene rings is 1. The number of halogens is 1. The normalized spacial score (nSPS) is 12.5. The zero-order valence-electron chi connectivity index (χ0n) is 15.0. The molecule has 1 amide bonds. The topological polar surface area (TPSA) is 97.8 Å². The molecule has 0 fully saturated rings. The Morgan fingerprint density at radius 2 is 2.00 bits per heavy atom. The average molecular weight is 381 g/mol. The van der Waals surface area contributed by atoms with Crippen molar-refractivity contribution in [2.45, 2.75) is 38.8 Å². The van der Waals surface area contributed by atoms with Crippen molar-refractivity contribution in [3.05, 3.63) is 35.0 Å². The van der Waals surface area contributed by atoms with Crippen LogP contribution in [-0.2, 0) is 16.0 Å². The summed E-state index contributed by atoms with van der Waals surface area (Å²) in [4.78, 5) is 27.7. The number of carbonyl (C=O) groups is 2. The quantitative estimate of drug-likeness (QED) is 0.771. The van der Waals surface area contributed by atoms with Crippen molar-refractivity contribution in [1.29, 1.82) is 0 Å². The fourth-order valence-electron chi connectivity index (χ4n) is 2.31. The van der Waals surface area contributed by atoms with Crippen LogP contribution in [0.4, 0.5) is 4.79 Å². The summed E-state index contributed by atoms with van der Waals surface area (Å²) in [5.41, 5.74) is 0.409. The number of alkyl carbamates (subject to hydrolysis) is 1. The van der Waals surface area contributed by atoms with E-state index in [0.717, 1.165) is 5.39 Å². The first kappa shape index (κ1) is 19.8. The van der Waals surface area contributed by atoms with Crippen LogP contribution in [0.5, 0.6) is 5.75 Å². The molecule has 1 aromatic carbocycles. The number of nitrogens with one attached hydrogen (secondary N) is 1. The lowest BCUT2D eigenvalue weighted by molar-refractivity contribution is -0.139. The maximum Gasteiger partial charge on any atom is 0.408 e. The van der Waals surface area contributed by atoms with Crippen molar-refractivity contribution < 1.29 is 24.2 Å². The summed E-state index contributed by atoms with van der Waals surface area (Å²) in [7, 11) is 1.55. The molecule has 7 nitrogen and oxygen atoms in total. The lowest BCUT2D eigenvalue weighted by Crippen LogP contribution is -2.44. The van der Waals surface area contributed by atoms with Gasteiger partial charge in [-0.15, -0.1) is 0 Å². The highest BCUT2D eigenvalue weighted by atomic mass is 35.5. The summed E-state index contributed by atoms with van der Waals surface area (Å²) in [5, 5.41) is 12.7. The van der Waals surface area contributed by atoms with Crippen LogP contribution in [0.1, 0.15) is 26.3 Å². The van der Waals surface area contributed by atoms with E-state index >= 15 is 0 Å². The van der Waals surface area contributed by atoms with Crippen molar-refractivity contribution in [3.8, 4) is 5.75 Å². The third-order valence-electron chi connectivity index (χ3n) is 3.46. The third-order valence-corrected chi connectivity index (χ3v) is 3.79. The number of ether oxygens (including phenoxy) is 2. The first-order valence-electron chi connectivity index (χ1n) is 7.94. The first-order chi connectivity index (χ1) is 12.1. The van der Waals surface area contributed by atoms with Crippen LogP contribution in [0.3, 0.4) is 0 Å². The van der Waals surface area contributed by atoms with E-state index in [4.69, 9.17) is 21.1 Å². The Hall–Kier alpha value is -2.54. The van der Waals surface area contributed by atoms with E-state index in [1.165, 1.54) is 0 Å². The summed E-state index contributed by atoms with van der Waals surface area (Å²) in [6.45, 7) is 5.09. The summed E-state index contributed by atoms with van der Waals surface area (Å²) < 4.78 is 10.3. The number of aromatic nitrogens is 1. The molecule has 26 heavy (non-hydrogen) atoms. The number of carboxylic acids is 1. The van der Waals surface area contributed by atoms with Crippen molar-refractivity contribution in [1.82, 2.24) is 10.3 Å². The van der Waals surface area contributed by atoms with Crippen molar-refractivity contribution in [2.75, 3.05) is 7.11 Å². The van der Waals surface area contributed by atoms with Gasteiger partial charge < -0.3 is 19.9 Å². The molecule has 0 aliphatic carbocycles. The van der Waals surface area contributed by atoms with Gasteiger partial charge in [-0.3, -0.25) is 0 Å². The summed E-state index contributed by atoms with van der Waals surface area (Å²) in [5.74, 6) is -0.550. The van der Waals surface area contributed by atoms with Gasteiger partial charge in [-0.25, -0.2) is 14.6 Å². The number of amides is 1. The fourth-order valence-corrected chi connectivity index (χ4v) is 2.53. The second-order valence-corrected chi connectivity index (χ2v) is 7.10. The number of fused-ring (bicyclic) bond motifs is 1. The van der Waals surface area contributed by atoms with Gasteiger partial charge in [0.05, 0.1) is 12.6 Å². The SMILES string of the molecule is COc1ccc2cc(CC(NC(=O)OC(C)(C)C)C(=O)O)c(Cl)nc2c1. The monoisotopic (exact) mass is 380 g/mol. The molecule has 8 heteroatoms. The van der Waals surface area contributed by atoms with Gasteiger partial charge in [-0.05, 0) is 44.5 Å². The van der Waals surface area contributed by atoms with E-state index in [-0.39, 0.29) is 11.6 Å². The lowest BCUT2D eigenvalue weighted by Gasteiger charge is -2.22. The maximum absolute atomic E-state index is 11.9. The van der Waals surface area contributed by atoms with Crippen LogP contribution in [0, 0.1) is 0 Å². The molecule has 0 aliphatic heterocycles. The predicted octanol–water partition coefficient (Wildman–Crippen LogP) is 3.42. The molecule has 140 valence electrons. The highest BCUT2D eigenvalue weighted by molar-refractivity contribution is 6.30. The molecule has 1 unspecified atom stereocenters. The Balaban J connectivity index is 2.24. The molecule has 0 aliphatic rings. The predicted molar refractivity (Wildman–Crippen MR) is 97.8 cm³/mol. The molecule has 2 rings (SSSR count). The van der Waals surface area contributed by atoms with Gasteiger partial charge in [0.2, 0.25) is 0 Å². The molecular weight excluding hydrogens is 360 g/mol. The van der Waals surface area contributed by atoms with E-state index in [2.05, 4.69) is 10.3 Å². The number of aliphatic carboxylic acids is 1. The molecule has 1 atom stereocenters. The second-order valence-electron chi connectivity index (χ2n) is 6.74. The fraction of sp³-hybridized carbons (Fsp3) is 0.389. The molecule has 1 heterocycles. The summed E-state index contributed by atoms with van der Waals surface area (Å²) >= 11 is 6.20. The Kier molecular flexibility index (Phi) is 5.92. The number of methoxy groups -OCH3 is 1. The Morgan fingerprint density at radius 1 is 1.31 bits per heavy atom. The minimum Gasteiger partial charge on any atom is -0.497 e. The summed E-state index contributed by atoms with van der Waals surface area (Å²) in [6.07, 6.45) is -0.831. The van der Waals surface area contributed by atoms with Crippen LogP contribution in [0.2, 0.25) is 5.15 Å². The molecule has 0 bridgehead atoms. The first-order valence-corrected chi connectivity index (χ1v) is 8.32. The van der Waals surface area contributed by atoms with Gasteiger partial charge in [-0.2, -0.15) is 0 Å². The lowest BCUT2D eigenvalue weighted by atomic mass is 10.1. The van der Waals surface area contributed by atoms with Crippen molar-refractivity contribution in [3.63, 3.8) is 0 Å². The molecular formula is C18H21ClN2O5. The zero-order chi connectivity index (χ0) is 19.5. The summed E-state index contributed by atoms with van der Waals surface area (Å²) in [6, 6.07) is 5.86. The van der Waals surface area contributed by atoms with E-state index in [1.807, 2.05) is 0 Å².